The van der Waals surface area contributed by atoms with Gasteiger partial charge in [0.05, 0.1) is 5.56 Å². The zero-order chi connectivity index (χ0) is 16.1. The lowest BCUT2D eigenvalue weighted by Gasteiger charge is -2.09. The highest BCUT2D eigenvalue weighted by Crippen LogP contribution is 2.27. The van der Waals surface area contributed by atoms with Gasteiger partial charge in [-0.15, -0.1) is 13.2 Å². The van der Waals surface area contributed by atoms with E-state index >= 15 is 0 Å². The minimum atomic E-state index is -0.284. The smallest absolute Gasteiger partial charge is 0.196 e. The number of aromatic hydroxyl groups is 2. The highest BCUT2D eigenvalue weighted by atomic mass is 16.3. The van der Waals surface area contributed by atoms with Gasteiger partial charge in [-0.05, 0) is 48.2 Å². The van der Waals surface area contributed by atoms with Gasteiger partial charge < -0.3 is 10.2 Å². The first-order valence-corrected chi connectivity index (χ1v) is 6.97. The summed E-state index contributed by atoms with van der Waals surface area (Å²) in [5.41, 5.74) is 1.95. The summed E-state index contributed by atoms with van der Waals surface area (Å²) in [6.07, 6.45) is 4.29. The molecule has 0 amide bonds. The Morgan fingerprint density at radius 3 is 2.36 bits per heavy atom. The molecule has 22 heavy (non-hydrogen) atoms. The van der Waals surface area contributed by atoms with Crippen LogP contribution in [0.5, 0.6) is 11.5 Å². The zero-order valence-corrected chi connectivity index (χ0v) is 12.2. The van der Waals surface area contributed by atoms with Crippen molar-refractivity contribution in [2.45, 2.75) is 12.8 Å². The van der Waals surface area contributed by atoms with Crippen LogP contribution in [0.4, 0.5) is 0 Å². The molecule has 0 atom stereocenters. The van der Waals surface area contributed by atoms with E-state index in [0.717, 1.165) is 0 Å². The maximum atomic E-state index is 12.6. The molecule has 0 saturated carbocycles. The first-order chi connectivity index (χ1) is 10.6. The molecule has 0 spiro atoms. The van der Waals surface area contributed by atoms with E-state index in [-0.39, 0.29) is 22.8 Å². The van der Waals surface area contributed by atoms with E-state index in [4.69, 9.17) is 0 Å². The summed E-state index contributed by atoms with van der Waals surface area (Å²) in [6, 6.07) is 9.73. The molecule has 0 saturated heterocycles. The third kappa shape index (κ3) is 3.09. The van der Waals surface area contributed by atoms with Gasteiger partial charge in [0.2, 0.25) is 0 Å². The van der Waals surface area contributed by atoms with Crippen molar-refractivity contribution in [3.63, 3.8) is 0 Å². The molecule has 2 aromatic rings. The first kappa shape index (κ1) is 15.6. The number of ketones is 1. The molecule has 0 aliphatic carbocycles. The number of para-hydroxylation sites is 1. The fourth-order valence-electron chi connectivity index (χ4n) is 2.30. The van der Waals surface area contributed by atoms with Gasteiger partial charge in [-0.25, -0.2) is 0 Å². The van der Waals surface area contributed by atoms with Crippen molar-refractivity contribution in [3.05, 3.63) is 84.0 Å². The molecule has 2 aromatic carbocycles. The maximum absolute atomic E-state index is 12.6. The minimum Gasteiger partial charge on any atom is -0.508 e. The Bertz CT molecular complexity index is 729. The summed E-state index contributed by atoms with van der Waals surface area (Å²) in [7, 11) is 0. The van der Waals surface area contributed by atoms with Crippen molar-refractivity contribution in [3.8, 4) is 11.5 Å². The molecular formula is C19H18O3. The quantitative estimate of drug-likeness (QED) is 0.629. The number of hydrogen-bond donors (Lipinski definition) is 2. The summed E-state index contributed by atoms with van der Waals surface area (Å²) >= 11 is 0. The zero-order valence-electron chi connectivity index (χ0n) is 12.2. The lowest BCUT2D eigenvalue weighted by molar-refractivity contribution is 0.103. The molecule has 0 fully saturated rings. The van der Waals surface area contributed by atoms with Crippen LogP contribution in [0.3, 0.4) is 0 Å². The van der Waals surface area contributed by atoms with Gasteiger partial charge in [-0.2, -0.15) is 0 Å². The predicted octanol–water partition coefficient (Wildman–Crippen LogP) is 3.79. The predicted molar refractivity (Wildman–Crippen MR) is 87.4 cm³/mol. The second-order valence-electron chi connectivity index (χ2n) is 4.97. The third-order valence-electron chi connectivity index (χ3n) is 3.43. The molecule has 0 aliphatic rings. The van der Waals surface area contributed by atoms with E-state index in [2.05, 4.69) is 13.2 Å². The lowest BCUT2D eigenvalue weighted by atomic mass is 9.96. The summed E-state index contributed by atoms with van der Waals surface area (Å²) in [4.78, 5) is 12.6. The molecule has 112 valence electrons. The Morgan fingerprint density at radius 1 is 1.00 bits per heavy atom. The van der Waals surface area contributed by atoms with Gasteiger partial charge in [0.25, 0.3) is 0 Å². The van der Waals surface area contributed by atoms with E-state index in [9.17, 15) is 15.0 Å². The summed E-state index contributed by atoms with van der Waals surface area (Å²) in [6.45, 7) is 7.27. The standard InChI is InChI=1S/C19H18O3/c1-3-6-13-8-5-9-16(18(13)21)19(22)15-10-11-17(20)14(12-15)7-4-2/h3-5,8-12,20-21H,1-2,6-7H2. The molecule has 2 N–H and O–H groups in total. The van der Waals surface area contributed by atoms with Crippen LogP contribution in [0.15, 0.2) is 61.7 Å². The van der Waals surface area contributed by atoms with Gasteiger partial charge in [-0.3, -0.25) is 4.79 Å². The van der Waals surface area contributed by atoms with Crippen molar-refractivity contribution >= 4 is 5.78 Å². The fourth-order valence-corrected chi connectivity index (χ4v) is 2.30. The van der Waals surface area contributed by atoms with Crippen LogP contribution < -0.4 is 0 Å². The van der Waals surface area contributed by atoms with Crippen LogP contribution in [-0.2, 0) is 12.8 Å². The van der Waals surface area contributed by atoms with Crippen molar-refractivity contribution < 1.29 is 15.0 Å². The van der Waals surface area contributed by atoms with E-state index in [1.54, 1.807) is 42.5 Å². The van der Waals surface area contributed by atoms with Gasteiger partial charge >= 0.3 is 0 Å². The van der Waals surface area contributed by atoms with Crippen molar-refractivity contribution in [1.29, 1.82) is 0 Å². The number of allylic oxidation sites excluding steroid dienone is 2. The number of benzene rings is 2. The number of phenolic OH excluding ortho intramolecular Hbond substituents is 2. The topological polar surface area (TPSA) is 57.5 Å². The summed E-state index contributed by atoms with van der Waals surface area (Å²) in [5, 5.41) is 20.0. The monoisotopic (exact) mass is 294 g/mol. The Balaban J connectivity index is 2.44. The fraction of sp³-hybridized carbons (Fsp3) is 0.105. The van der Waals surface area contributed by atoms with Gasteiger partial charge in [-0.1, -0.05) is 24.3 Å². The second kappa shape index (κ2) is 6.76. The number of phenols is 2. The Labute approximate surface area is 129 Å². The first-order valence-electron chi connectivity index (χ1n) is 6.97. The molecule has 0 unspecified atom stereocenters. The minimum absolute atomic E-state index is 0.0225. The van der Waals surface area contributed by atoms with E-state index in [0.29, 0.717) is 29.5 Å². The molecule has 2 rings (SSSR count). The number of carbonyl (C=O) groups excluding carboxylic acids is 1. The molecule has 0 aliphatic heterocycles. The molecule has 0 aromatic heterocycles. The third-order valence-corrected chi connectivity index (χ3v) is 3.43. The summed E-state index contributed by atoms with van der Waals surface area (Å²) < 4.78 is 0. The molecule has 0 radical (unpaired) electrons. The molecule has 3 heteroatoms. The Morgan fingerprint density at radius 2 is 1.68 bits per heavy atom. The van der Waals surface area contributed by atoms with Gasteiger partial charge in [0.15, 0.2) is 5.78 Å². The molecular weight excluding hydrogens is 276 g/mol. The Kier molecular flexibility index (Phi) is 4.79. The van der Waals surface area contributed by atoms with E-state index in [1.165, 1.54) is 6.07 Å². The van der Waals surface area contributed by atoms with Crippen LogP contribution in [0.2, 0.25) is 0 Å². The van der Waals surface area contributed by atoms with E-state index < -0.39 is 0 Å². The average molecular weight is 294 g/mol. The second-order valence-corrected chi connectivity index (χ2v) is 4.97. The molecule has 0 heterocycles. The number of hydrogen-bond acceptors (Lipinski definition) is 3. The summed E-state index contributed by atoms with van der Waals surface area (Å²) in [5.74, 6) is -0.180. The van der Waals surface area contributed by atoms with Gasteiger partial charge in [0.1, 0.15) is 11.5 Å². The van der Waals surface area contributed by atoms with Gasteiger partial charge in [0, 0.05) is 5.56 Å². The highest BCUT2D eigenvalue weighted by molar-refractivity contribution is 6.11. The largest absolute Gasteiger partial charge is 0.508 e. The lowest BCUT2D eigenvalue weighted by Crippen LogP contribution is -2.04. The normalized spacial score (nSPS) is 10.2. The molecule has 0 bridgehead atoms. The molecule has 3 nitrogen and oxygen atoms in total. The average Bonchev–Trinajstić information content (AvgIpc) is 2.51. The number of rotatable bonds is 6. The maximum Gasteiger partial charge on any atom is 0.196 e. The van der Waals surface area contributed by atoms with Crippen LogP contribution in [0.25, 0.3) is 0 Å². The number of carbonyl (C=O) groups is 1. The van der Waals surface area contributed by atoms with Crippen molar-refractivity contribution in [2.24, 2.45) is 0 Å². The van der Waals surface area contributed by atoms with Crippen LogP contribution in [-0.4, -0.2) is 16.0 Å². The SMILES string of the molecule is C=CCc1cc(C(=O)c2cccc(CC=C)c2O)ccc1O. The van der Waals surface area contributed by atoms with E-state index in [1.807, 2.05) is 0 Å². The van der Waals surface area contributed by atoms with Crippen molar-refractivity contribution in [1.82, 2.24) is 0 Å². The Hall–Kier alpha value is -2.81. The van der Waals surface area contributed by atoms with Crippen LogP contribution in [0.1, 0.15) is 27.0 Å². The van der Waals surface area contributed by atoms with Crippen LogP contribution >= 0.6 is 0 Å². The van der Waals surface area contributed by atoms with Crippen molar-refractivity contribution in [2.75, 3.05) is 0 Å². The highest BCUT2D eigenvalue weighted by Gasteiger charge is 2.16. The van der Waals surface area contributed by atoms with Crippen LogP contribution in [0, 0.1) is 0 Å².